The van der Waals surface area contributed by atoms with Crippen LogP contribution in [0, 0.1) is 0 Å². The van der Waals surface area contributed by atoms with E-state index < -0.39 is 36.4 Å². The minimum absolute atomic E-state index is 0.0496. The van der Waals surface area contributed by atoms with E-state index in [9.17, 15) is 19.2 Å². The molecule has 0 aromatic carbocycles. The van der Waals surface area contributed by atoms with Crippen LogP contribution in [-0.4, -0.2) is 89.1 Å². The molecule has 0 aromatic rings. The molecule has 0 rings (SSSR count). The van der Waals surface area contributed by atoms with Gasteiger partial charge in [0.15, 0.2) is 5.60 Å². The minimum atomic E-state index is -2.74. The molecule has 0 aliphatic rings. The first-order valence-electron chi connectivity index (χ1n) is 9.80. The Morgan fingerprint density at radius 3 is 1.57 bits per heavy atom. The number of carbonyl (C=O) groups excluding carboxylic acids is 1. The second-order valence-corrected chi connectivity index (χ2v) is 6.66. The zero-order chi connectivity index (χ0) is 23.4. The fourth-order valence-corrected chi connectivity index (χ4v) is 2.17. The number of aliphatic carboxylic acids is 3. The van der Waals surface area contributed by atoms with Gasteiger partial charge in [0.05, 0.1) is 12.8 Å². The number of carboxylic acids is 3. The molecule has 12 nitrogen and oxygen atoms in total. The Kier molecular flexibility index (Phi) is 18.7. The summed E-state index contributed by atoms with van der Waals surface area (Å²) in [5.41, 5.74) is 2.65. The molecule has 0 saturated carbocycles. The van der Waals surface area contributed by atoms with Crippen LogP contribution in [0.5, 0.6) is 0 Å². The van der Waals surface area contributed by atoms with Crippen LogP contribution in [0.2, 0.25) is 0 Å². The van der Waals surface area contributed by atoms with Crippen molar-refractivity contribution in [2.45, 2.75) is 51.0 Å². The fourth-order valence-electron chi connectivity index (χ4n) is 2.17. The van der Waals surface area contributed by atoms with Crippen molar-refractivity contribution in [1.29, 1.82) is 0 Å². The molecule has 9 N–H and O–H groups in total. The van der Waals surface area contributed by atoms with Gasteiger partial charge >= 0.3 is 17.9 Å². The lowest BCUT2D eigenvalue weighted by atomic mass is 9.96. The molecule has 0 spiro atoms. The average molecular weight is 437 g/mol. The molecule has 1 amide bonds. The van der Waals surface area contributed by atoms with E-state index in [1.807, 2.05) is 0 Å². The molecule has 0 heterocycles. The molecule has 0 aromatic heterocycles. The number of carbonyl (C=O) groups is 4. The third-order valence-electron chi connectivity index (χ3n) is 3.70. The predicted molar refractivity (Wildman–Crippen MR) is 109 cm³/mol. The highest BCUT2D eigenvalue weighted by atomic mass is 16.4. The molecule has 12 heteroatoms. The quantitative estimate of drug-likeness (QED) is 0.124. The number of hydrogen-bond donors (Lipinski definition) is 8. The smallest absolute Gasteiger partial charge is 0.336 e. The maximum absolute atomic E-state index is 10.6. The highest BCUT2D eigenvalue weighted by Gasteiger charge is 2.40. The highest BCUT2D eigenvalue weighted by molar-refractivity contribution is 5.88. The lowest BCUT2D eigenvalue weighted by Crippen LogP contribution is -2.42. The van der Waals surface area contributed by atoms with Gasteiger partial charge < -0.3 is 42.1 Å². The Balaban J connectivity index is 0. The first kappa shape index (κ1) is 29.9. The van der Waals surface area contributed by atoms with Crippen molar-refractivity contribution >= 4 is 23.8 Å². The van der Waals surface area contributed by atoms with Crippen molar-refractivity contribution in [2.24, 2.45) is 5.73 Å². The molecule has 0 bridgehead atoms. The maximum atomic E-state index is 10.6. The van der Waals surface area contributed by atoms with Crippen molar-refractivity contribution < 1.29 is 39.6 Å². The molecule has 0 unspecified atom stereocenters. The molecule has 0 aliphatic carbocycles. The van der Waals surface area contributed by atoms with Gasteiger partial charge in [0, 0.05) is 13.5 Å². The molecule has 176 valence electrons. The Labute approximate surface area is 176 Å². The summed E-state index contributed by atoms with van der Waals surface area (Å²) in [6.45, 7) is 7.21. The SMILES string of the molecule is CC(=O)NCCCNCCCCNCCCN.O=C(O)CC(O)(CC(=O)O)C(=O)O. The molecular formula is C18H36N4O8. The van der Waals surface area contributed by atoms with Crippen LogP contribution >= 0.6 is 0 Å². The summed E-state index contributed by atoms with van der Waals surface area (Å²) in [5, 5.41) is 43.3. The minimum Gasteiger partial charge on any atom is -0.481 e. The Hall–Kier alpha value is -2.28. The molecule has 0 saturated heterocycles. The van der Waals surface area contributed by atoms with E-state index in [1.165, 1.54) is 12.8 Å². The van der Waals surface area contributed by atoms with Gasteiger partial charge in [-0.3, -0.25) is 14.4 Å². The summed E-state index contributed by atoms with van der Waals surface area (Å²) in [5.74, 6) is -4.97. The van der Waals surface area contributed by atoms with Gasteiger partial charge in [-0.25, -0.2) is 4.79 Å². The first-order chi connectivity index (χ1) is 14.0. The van der Waals surface area contributed by atoms with Crippen LogP contribution in [0.1, 0.15) is 45.4 Å². The Morgan fingerprint density at radius 1 is 0.767 bits per heavy atom. The van der Waals surface area contributed by atoms with E-state index in [0.717, 1.165) is 52.1 Å². The van der Waals surface area contributed by atoms with Crippen LogP contribution in [0.15, 0.2) is 0 Å². The zero-order valence-corrected chi connectivity index (χ0v) is 17.5. The van der Waals surface area contributed by atoms with E-state index >= 15 is 0 Å². The number of amides is 1. The van der Waals surface area contributed by atoms with Crippen molar-refractivity contribution in [2.75, 3.05) is 39.3 Å². The number of rotatable bonds is 17. The third kappa shape index (κ3) is 20.5. The third-order valence-corrected chi connectivity index (χ3v) is 3.70. The zero-order valence-electron chi connectivity index (χ0n) is 17.5. The van der Waals surface area contributed by atoms with Crippen LogP contribution < -0.4 is 21.7 Å². The second kappa shape index (κ2) is 18.7. The van der Waals surface area contributed by atoms with E-state index in [2.05, 4.69) is 16.0 Å². The Morgan fingerprint density at radius 2 is 1.20 bits per heavy atom. The van der Waals surface area contributed by atoms with E-state index in [4.69, 9.17) is 26.2 Å². The summed E-state index contributed by atoms with van der Waals surface area (Å²) in [7, 11) is 0. The summed E-state index contributed by atoms with van der Waals surface area (Å²) in [6.07, 6.45) is 2.15. The first-order valence-corrected chi connectivity index (χ1v) is 9.80. The molecular weight excluding hydrogens is 400 g/mol. The molecule has 0 atom stereocenters. The van der Waals surface area contributed by atoms with E-state index in [0.29, 0.717) is 0 Å². The van der Waals surface area contributed by atoms with Crippen molar-refractivity contribution in [1.82, 2.24) is 16.0 Å². The maximum Gasteiger partial charge on any atom is 0.336 e. The normalized spacial score (nSPS) is 10.6. The summed E-state index contributed by atoms with van der Waals surface area (Å²) < 4.78 is 0. The molecule has 30 heavy (non-hydrogen) atoms. The fraction of sp³-hybridized carbons (Fsp3) is 0.778. The van der Waals surface area contributed by atoms with Gasteiger partial charge in [0.2, 0.25) is 5.91 Å². The van der Waals surface area contributed by atoms with Crippen molar-refractivity contribution in [3.8, 4) is 0 Å². The number of unbranched alkanes of at least 4 members (excludes halogenated alkanes) is 1. The van der Waals surface area contributed by atoms with E-state index in [1.54, 1.807) is 6.92 Å². The van der Waals surface area contributed by atoms with Gasteiger partial charge in [-0.05, 0) is 58.4 Å². The lowest BCUT2D eigenvalue weighted by molar-refractivity contribution is -0.170. The van der Waals surface area contributed by atoms with Gasteiger partial charge in [-0.15, -0.1) is 0 Å². The molecule has 0 aliphatic heterocycles. The number of nitrogens with two attached hydrogens (primary N) is 1. The molecule has 0 radical (unpaired) electrons. The lowest BCUT2D eigenvalue weighted by Gasteiger charge is -2.18. The monoisotopic (exact) mass is 436 g/mol. The van der Waals surface area contributed by atoms with Gasteiger partial charge in [-0.2, -0.15) is 0 Å². The standard InChI is InChI=1S/C12H28N4O.C6H8O7/c1-12(17)16-11-5-10-15-8-3-2-7-14-9-4-6-13;7-3(8)1-6(13,5(11)12)2-4(9)10/h14-15H,2-11,13H2,1H3,(H,16,17);13H,1-2H2,(H,7,8)(H,9,10)(H,11,12). The van der Waals surface area contributed by atoms with Crippen LogP contribution in [-0.2, 0) is 19.2 Å². The number of nitrogens with one attached hydrogen (secondary N) is 3. The number of aliphatic hydroxyl groups is 1. The average Bonchev–Trinajstić information content (AvgIpc) is 2.61. The van der Waals surface area contributed by atoms with Crippen molar-refractivity contribution in [3.63, 3.8) is 0 Å². The number of carboxylic acid groups (broad SMARTS) is 3. The van der Waals surface area contributed by atoms with Crippen LogP contribution in [0.4, 0.5) is 0 Å². The van der Waals surface area contributed by atoms with Crippen LogP contribution in [0.3, 0.4) is 0 Å². The topological polar surface area (TPSA) is 211 Å². The highest BCUT2D eigenvalue weighted by Crippen LogP contribution is 2.15. The molecule has 0 fully saturated rings. The summed E-state index contributed by atoms with van der Waals surface area (Å²) in [4.78, 5) is 41.1. The Bertz CT molecular complexity index is 500. The van der Waals surface area contributed by atoms with Gasteiger partial charge in [-0.1, -0.05) is 0 Å². The summed E-state index contributed by atoms with van der Waals surface area (Å²) in [6, 6.07) is 0. The predicted octanol–water partition coefficient (Wildman–Crippen LogP) is -1.43. The number of hydrogen-bond acceptors (Lipinski definition) is 8. The second-order valence-electron chi connectivity index (χ2n) is 6.66. The van der Waals surface area contributed by atoms with Gasteiger partial charge in [0.1, 0.15) is 0 Å². The summed E-state index contributed by atoms with van der Waals surface area (Å²) >= 11 is 0. The van der Waals surface area contributed by atoms with Crippen molar-refractivity contribution in [3.05, 3.63) is 0 Å². The van der Waals surface area contributed by atoms with E-state index in [-0.39, 0.29) is 5.91 Å². The largest absolute Gasteiger partial charge is 0.481 e. The van der Waals surface area contributed by atoms with Crippen LogP contribution in [0.25, 0.3) is 0 Å². The van der Waals surface area contributed by atoms with Gasteiger partial charge in [0.25, 0.3) is 0 Å².